The van der Waals surface area contributed by atoms with Crippen molar-refractivity contribution >= 4 is 28.8 Å². The van der Waals surface area contributed by atoms with Crippen molar-refractivity contribution in [1.29, 1.82) is 0 Å². The summed E-state index contributed by atoms with van der Waals surface area (Å²) in [4.78, 5) is 14.7. The highest BCUT2D eigenvalue weighted by Gasteiger charge is 2.13. The van der Waals surface area contributed by atoms with Gasteiger partial charge in [-0.3, -0.25) is 10.1 Å². The summed E-state index contributed by atoms with van der Waals surface area (Å²) in [7, 11) is 0. The van der Waals surface area contributed by atoms with Gasteiger partial charge in [0.25, 0.3) is 0 Å². The quantitative estimate of drug-likeness (QED) is 0.472. The molecular weight excluding hydrogens is 268 g/mol. The molecule has 0 bridgehead atoms. The van der Waals surface area contributed by atoms with Gasteiger partial charge in [-0.2, -0.15) is 0 Å². The summed E-state index contributed by atoms with van der Waals surface area (Å²) in [6, 6.07) is 3.75. The second-order valence-electron chi connectivity index (χ2n) is 3.58. The molecule has 0 spiro atoms. The SMILES string of the molecule is C#CCNCC(=O)N(CC=C)Cc1ccc(Cl)s1. The number of nitrogens with zero attached hydrogens (tertiary/aromatic N) is 1. The predicted molar refractivity (Wildman–Crippen MR) is 76.6 cm³/mol. The number of hydrogen-bond acceptors (Lipinski definition) is 3. The van der Waals surface area contributed by atoms with Gasteiger partial charge in [-0.25, -0.2) is 0 Å². The number of carbonyl (C=O) groups excluding carboxylic acids is 1. The van der Waals surface area contributed by atoms with Crippen LogP contribution in [0.2, 0.25) is 4.34 Å². The average molecular weight is 283 g/mol. The van der Waals surface area contributed by atoms with Crippen molar-refractivity contribution in [2.24, 2.45) is 0 Å². The van der Waals surface area contributed by atoms with Crippen molar-refractivity contribution in [3.63, 3.8) is 0 Å². The Hall–Kier alpha value is -1.28. The Kier molecular flexibility index (Phi) is 6.51. The van der Waals surface area contributed by atoms with Crippen LogP contribution >= 0.6 is 22.9 Å². The molecule has 1 aromatic rings. The third kappa shape index (κ3) is 4.92. The summed E-state index contributed by atoms with van der Waals surface area (Å²) >= 11 is 7.34. The van der Waals surface area contributed by atoms with Gasteiger partial charge >= 0.3 is 0 Å². The third-order valence-corrected chi connectivity index (χ3v) is 3.40. The lowest BCUT2D eigenvalue weighted by molar-refractivity contribution is -0.130. The van der Waals surface area contributed by atoms with Crippen molar-refractivity contribution < 1.29 is 4.79 Å². The highest BCUT2D eigenvalue weighted by molar-refractivity contribution is 7.16. The lowest BCUT2D eigenvalue weighted by Crippen LogP contribution is -2.37. The van der Waals surface area contributed by atoms with E-state index in [1.165, 1.54) is 11.3 Å². The molecular formula is C13H15ClN2OS. The molecule has 0 aliphatic rings. The molecule has 96 valence electrons. The van der Waals surface area contributed by atoms with E-state index in [1.807, 2.05) is 12.1 Å². The summed E-state index contributed by atoms with van der Waals surface area (Å²) < 4.78 is 0.724. The molecule has 0 atom stereocenters. The van der Waals surface area contributed by atoms with Crippen molar-refractivity contribution in [1.82, 2.24) is 10.2 Å². The molecule has 1 aromatic heterocycles. The number of nitrogens with one attached hydrogen (secondary N) is 1. The molecule has 0 aliphatic carbocycles. The number of amides is 1. The topological polar surface area (TPSA) is 32.3 Å². The zero-order valence-corrected chi connectivity index (χ0v) is 11.6. The fourth-order valence-electron chi connectivity index (χ4n) is 1.39. The molecule has 0 saturated heterocycles. The summed E-state index contributed by atoms with van der Waals surface area (Å²) in [5.41, 5.74) is 0. The Labute approximate surface area is 116 Å². The molecule has 5 heteroatoms. The summed E-state index contributed by atoms with van der Waals surface area (Å²) in [6.45, 7) is 5.33. The number of thiophene rings is 1. The van der Waals surface area contributed by atoms with E-state index in [0.29, 0.717) is 19.6 Å². The summed E-state index contributed by atoms with van der Waals surface area (Å²) in [6.07, 6.45) is 6.81. The molecule has 0 aromatic carbocycles. The first kappa shape index (κ1) is 14.8. The molecule has 0 aliphatic heterocycles. The van der Waals surface area contributed by atoms with Crippen molar-refractivity contribution in [3.8, 4) is 12.3 Å². The van der Waals surface area contributed by atoms with E-state index in [0.717, 1.165) is 9.21 Å². The molecule has 1 heterocycles. The van der Waals surface area contributed by atoms with Crippen LogP contribution in [-0.4, -0.2) is 30.4 Å². The normalized spacial score (nSPS) is 9.78. The molecule has 1 N–H and O–H groups in total. The van der Waals surface area contributed by atoms with Crippen LogP contribution in [0.1, 0.15) is 4.88 Å². The van der Waals surface area contributed by atoms with Crippen molar-refractivity contribution in [2.75, 3.05) is 19.6 Å². The van der Waals surface area contributed by atoms with Gasteiger partial charge in [0.15, 0.2) is 0 Å². The zero-order chi connectivity index (χ0) is 13.4. The maximum absolute atomic E-state index is 11.9. The number of carbonyl (C=O) groups is 1. The second kappa shape index (κ2) is 7.93. The minimum Gasteiger partial charge on any atom is -0.333 e. The second-order valence-corrected chi connectivity index (χ2v) is 5.38. The molecule has 0 saturated carbocycles. The van der Waals surface area contributed by atoms with E-state index in [1.54, 1.807) is 11.0 Å². The average Bonchev–Trinajstić information content (AvgIpc) is 2.74. The van der Waals surface area contributed by atoms with Crippen LogP contribution in [0.25, 0.3) is 0 Å². The van der Waals surface area contributed by atoms with Gasteiger partial charge in [0.1, 0.15) is 0 Å². The first-order valence-electron chi connectivity index (χ1n) is 5.44. The minimum atomic E-state index is -0.00493. The van der Waals surface area contributed by atoms with E-state index in [-0.39, 0.29) is 12.5 Å². The van der Waals surface area contributed by atoms with Gasteiger partial charge in [-0.15, -0.1) is 24.3 Å². The Morgan fingerprint density at radius 2 is 2.44 bits per heavy atom. The molecule has 18 heavy (non-hydrogen) atoms. The van der Waals surface area contributed by atoms with E-state index in [9.17, 15) is 4.79 Å². The van der Waals surface area contributed by atoms with Gasteiger partial charge in [0.2, 0.25) is 5.91 Å². The molecule has 1 rings (SSSR count). The number of halogens is 1. The highest BCUT2D eigenvalue weighted by atomic mass is 35.5. The van der Waals surface area contributed by atoms with E-state index in [4.69, 9.17) is 18.0 Å². The van der Waals surface area contributed by atoms with Crippen LogP contribution in [0, 0.1) is 12.3 Å². The summed E-state index contributed by atoms with van der Waals surface area (Å²) in [5.74, 6) is 2.42. The maximum Gasteiger partial charge on any atom is 0.237 e. The van der Waals surface area contributed by atoms with Crippen LogP contribution in [0.15, 0.2) is 24.8 Å². The number of hydrogen-bond donors (Lipinski definition) is 1. The van der Waals surface area contributed by atoms with E-state index in [2.05, 4.69) is 17.8 Å². The molecule has 0 fully saturated rings. The minimum absolute atomic E-state index is 0.00493. The third-order valence-electron chi connectivity index (χ3n) is 2.18. The van der Waals surface area contributed by atoms with E-state index >= 15 is 0 Å². The Morgan fingerprint density at radius 3 is 3.00 bits per heavy atom. The lowest BCUT2D eigenvalue weighted by atomic mass is 10.3. The zero-order valence-electron chi connectivity index (χ0n) is 9.99. The molecule has 3 nitrogen and oxygen atoms in total. The van der Waals surface area contributed by atoms with Crippen molar-refractivity contribution in [2.45, 2.75) is 6.54 Å². The largest absolute Gasteiger partial charge is 0.333 e. The Balaban J connectivity index is 2.56. The van der Waals surface area contributed by atoms with Crippen molar-refractivity contribution in [3.05, 3.63) is 34.0 Å². The van der Waals surface area contributed by atoms with Crippen LogP contribution < -0.4 is 5.32 Å². The smallest absolute Gasteiger partial charge is 0.237 e. The molecule has 0 radical (unpaired) electrons. The van der Waals surface area contributed by atoms with Crippen LogP contribution in [0.3, 0.4) is 0 Å². The van der Waals surface area contributed by atoms with Crippen LogP contribution in [0.4, 0.5) is 0 Å². The fraction of sp³-hybridized carbons (Fsp3) is 0.308. The number of terminal acetylenes is 1. The molecule has 1 amide bonds. The van der Waals surface area contributed by atoms with Crippen LogP contribution in [-0.2, 0) is 11.3 Å². The first-order chi connectivity index (χ1) is 8.67. The predicted octanol–water partition coefficient (Wildman–Crippen LogP) is 2.14. The standard InChI is InChI=1S/C13H15ClN2OS/c1-3-7-15-9-13(17)16(8-4-2)10-11-5-6-12(14)18-11/h1,4-6,15H,2,7-10H2. The monoisotopic (exact) mass is 282 g/mol. The van der Waals surface area contributed by atoms with Gasteiger partial charge < -0.3 is 4.90 Å². The lowest BCUT2D eigenvalue weighted by Gasteiger charge is -2.20. The van der Waals surface area contributed by atoms with Crippen LogP contribution in [0.5, 0.6) is 0 Å². The van der Waals surface area contributed by atoms with Gasteiger partial charge in [-0.1, -0.05) is 23.6 Å². The Bertz CT molecular complexity index is 450. The van der Waals surface area contributed by atoms with Gasteiger partial charge in [0, 0.05) is 11.4 Å². The maximum atomic E-state index is 11.9. The highest BCUT2D eigenvalue weighted by Crippen LogP contribution is 2.22. The molecule has 0 unspecified atom stereocenters. The number of rotatable bonds is 7. The van der Waals surface area contributed by atoms with E-state index < -0.39 is 0 Å². The fourth-order valence-corrected chi connectivity index (χ4v) is 2.49. The van der Waals surface area contributed by atoms with Gasteiger partial charge in [0.05, 0.1) is 24.0 Å². The first-order valence-corrected chi connectivity index (χ1v) is 6.64. The summed E-state index contributed by atoms with van der Waals surface area (Å²) in [5, 5.41) is 2.88. The van der Waals surface area contributed by atoms with Gasteiger partial charge in [-0.05, 0) is 12.1 Å². The Morgan fingerprint density at radius 1 is 1.67 bits per heavy atom.